The summed E-state index contributed by atoms with van der Waals surface area (Å²) < 4.78 is 1.91. The van der Waals surface area contributed by atoms with Gasteiger partial charge in [-0.2, -0.15) is 5.26 Å². The van der Waals surface area contributed by atoms with Crippen molar-refractivity contribution in [2.24, 2.45) is 0 Å². The molecule has 1 aromatic carbocycles. The minimum absolute atomic E-state index is 0.503. The van der Waals surface area contributed by atoms with Crippen LogP contribution in [0.25, 0.3) is 0 Å². The predicted molar refractivity (Wildman–Crippen MR) is 66.8 cm³/mol. The lowest BCUT2D eigenvalue weighted by Gasteiger charge is -2.02. The Hall–Kier alpha value is -1.87. The predicted octanol–water partition coefficient (Wildman–Crippen LogP) is 2.17. The van der Waals surface area contributed by atoms with Crippen molar-refractivity contribution in [3.05, 3.63) is 35.4 Å². The zero-order valence-corrected chi connectivity index (χ0v) is 10.5. The number of tetrazole rings is 1. The zero-order chi connectivity index (χ0) is 12.4. The molecule has 0 aliphatic heterocycles. The summed E-state index contributed by atoms with van der Waals surface area (Å²) >= 11 is 1.63. The molecular weight excluding hydrogens is 246 g/mol. The van der Waals surface area contributed by atoms with Gasteiger partial charge in [-0.3, -0.25) is 0 Å². The highest BCUT2D eigenvalue weighted by Gasteiger charge is 2.27. The molecule has 90 valence electrons. The molecule has 1 aliphatic carbocycles. The van der Waals surface area contributed by atoms with Crippen LogP contribution in [0.15, 0.2) is 29.4 Å². The van der Waals surface area contributed by atoms with Crippen molar-refractivity contribution in [1.29, 1.82) is 5.26 Å². The fourth-order valence-electron chi connectivity index (χ4n) is 1.65. The van der Waals surface area contributed by atoms with Gasteiger partial charge in [0.25, 0.3) is 0 Å². The van der Waals surface area contributed by atoms with Crippen molar-refractivity contribution in [2.45, 2.75) is 29.8 Å². The molecule has 1 aromatic heterocycles. The first-order valence-corrected chi connectivity index (χ1v) is 6.75. The molecule has 6 heteroatoms. The molecule has 18 heavy (non-hydrogen) atoms. The molecule has 1 heterocycles. The smallest absolute Gasteiger partial charge is 0.209 e. The highest BCUT2D eigenvalue weighted by atomic mass is 32.2. The highest BCUT2D eigenvalue weighted by Crippen LogP contribution is 2.36. The van der Waals surface area contributed by atoms with Crippen molar-refractivity contribution >= 4 is 11.8 Å². The molecule has 0 unspecified atom stereocenters. The average Bonchev–Trinajstić information content (AvgIpc) is 3.16. The molecule has 0 saturated heterocycles. The fraction of sp³-hybridized carbons (Fsp3) is 0.333. The largest absolute Gasteiger partial charge is 0.217 e. The summed E-state index contributed by atoms with van der Waals surface area (Å²) in [7, 11) is 0. The van der Waals surface area contributed by atoms with E-state index in [1.165, 1.54) is 18.4 Å². The van der Waals surface area contributed by atoms with E-state index in [0.29, 0.717) is 11.6 Å². The fourth-order valence-corrected chi connectivity index (χ4v) is 2.55. The molecule has 0 spiro atoms. The molecular formula is C12H11N5S. The van der Waals surface area contributed by atoms with Gasteiger partial charge in [-0.05, 0) is 41.0 Å². The molecule has 0 radical (unpaired) electrons. The standard InChI is InChI=1S/C12H11N5S/c13-7-9-1-3-10(4-2-9)8-18-12-14-15-16-17(12)11-5-6-11/h1-4,11H,5-6,8H2. The Morgan fingerprint density at radius 3 is 2.78 bits per heavy atom. The lowest BCUT2D eigenvalue weighted by Crippen LogP contribution is -1.98. The van der Waals surface area contributed by atoms with Gasteiger partial charge in [0.05, 0.1) is 17.7 Å². The molecule has 0 amide bonds. The van der Waals surface area contributed by atoms with Crippen LogP contribution in [0.1, 0.15) is 30.0 Å². The second kappa shape index (κ2) is 4.78. The van der Waals surface area contributed by atoms with Gasteiger partial charge in [0.2, 0.25) is 5.16 Å². The van der Waals surface area contributed by atoms with Crippen LogP contribution in [0.5, 0.6) is 0 Å². The van der Waals surface area contributed by atoms with Crippen LogP contribution in [0, 0.1) is 11.3 Å². The van der Waals surface area contributed by atoms with E-state index < -0.39 is 0 Å². The van der Waals surface area contributed by atoms with E-state index in [9.17, 15) is 0 Å². The van der Waals surface area contributed by atoms with Gasteiger partial charge in [-0.15, -0.1) is 5.10 Å². The topological polar surface area (TPSA) is 67.4 Å². The Labute approximate surface area is 109 Å². The maximum Gasteiger partial charge on any atom is 0.209 e. The van der Waals surface area contributed by atoms with Crippen molar-refractivity contribution in [1.82, 2.24) is 20.2 Å². The first kappa shape index (κ1) is 11.2. The van der Waals surface area contributed by atoms with Crippen molar-refractivity contribution in [3.63, 3.8) is 0 Å². The lowest BCUT2D eigenvalue weighted by molar-refractivity contribution is 0.565. The van der Waals surface area contributed by atoms with E-state index in [0.717, 1.165) is 10.9 Å². The van der Waals surface area contributed by atoms with Crippen LogP contribution in [-0.4, -0.2) is 20.2 Å². The van der Waals surface area contributed by atoms with Gasteiger partial charge >= 0.3 is 0 Å². The molecule has 0 atom stereocenters. The van der Waals surface area contributed by atoms with Gasteiger partial charge in [0.15, 0.2) is 0 Å². The normalized spacial score (nSPS) is 14.4. The summed E-state index contributed by atoms with van der Waals surface area (Å²) in [6, 6.07) is 10.2. The van der Waals surface area contributed by atoms with Crippen molar-refractivity contribution < 1.29 is 0 Å². The summed E-state index contributed by atoms with van der Waals surface area (Å²) in [4.78, 5) is 0. The summed E-state index contributed by atoms with van der Waals surface area (Å²) in [6.07, 6.45) is 2.35. The van der Waals surface area contributed by atoms with Crippen LogP contribution in [-0.2, 0) is 5.75 Å². The van der Waals surface area contributed by atoms with Gasteiger partial charge in [0, 0.05) is 5.75 Å². The van der Waals surface area contributed by atoms with E-state index in [2.05, 4.69) is 21.6 Å². The van der Waals surface area contributed by atoms with Gasteiger partial charge in [-0.1, -0.05) is 23.9 Å². The van der Waals surface area contributed by atoms with Crippen LogP contribution < -0.4 is 0 Å². The average molecular weight is 257 g/mol. The minimum atomic E-state index is 0.503. The second-order valence-electron chi connectivity index (χ2n) is 4.23. The summed E-state index contributed by atoms with van der Waals surface area (Å²) in [5.74, 6) is 0.818. The number of hydrogen-bond acceptors (Lipinski definition) is 5. The quantitative estimate of drug-likeness (QED) is 0.785. The van der Waals surface area contributed by atoms with Gasteiger partial charge < -0.3 is 0 Å². The Morgan fingerprint density at radius 2 is 2.11 bits per heavy atom. The van der Waals surface area contributed by atoms with Crippen molar-refractivity contribution in [3.8, 4) is 6.07 Å². The van der Waals surface area contributed by atoms with E-state index in [1.54, 1.807) is 11.8 Å². The molecule has 0 bridgehead atoms. The number of aromatic nitrogens is 4. The monoisotopic (exact) mass is 257 g/mol. The maximum atomic E-state index is 8.73. The first-order valence-electron chi connectivity index (χ1n) is 5.76. The third kappa shape index (κ3) is 2.36. The summed E-state index contributed by atoms with van der Waals surface area (Å²) in [5, 5.41) is 21.4. The molecule has 1 fully saturated rings. The summed E-state index contributed by atoms with van der Waals surface area (Å²) in [6.45, 7) is 0. The number of hydrogen-bond donors (Lipinski definition) is 0. The molecule has 3 rings (SSSR count). The van der Waals surface area contributed by atoms with Crippen LogP contribution in [0.2, 0.25) is 0 Å². The number of benzene rings is 1. The van der Waals surface area contributed by atoms with E-state index in [-0.39, 0.29) is 0 Å². The van der Waals surface area contributed by atoms with E-state index >= 15 is 0 Å². The Morgan fingerprint density at radius 1 is 1.33 bits per heavy atom. The van der Waals surface area contributed by atoms with E-state index in [1.807, 2.05) is 28.9 Å². The lowest BCUT2D eigenvalue weighted by atomic mass is 10.2. The highest BCUT2D eigenvalue weighted by molar-refractivity contribution is 7.98. The summed E-state index contributed by atoms with van der Waals surface area (Å²) in [5.41, 5.74) is 1.86. The molecule has 1 aliphatic rings. The van der Waals surface area contributed by atoms with Crippen LogP contribution in [0.3, 0.4) is 0 Å². The second-order valence-corrected chi connectivity index (χ2v) is 5.18. The number of thioether (sulfide) groups is 1. The SMILES string of the molecule is N#Cc1ccc(CSc2nnnn2C2CC2)cc1. The Balaban J connectivity index is 1.66. The van der Waals surface area contributed by atoms with E-state index in [4.69, 9.17) is 5.26 Å². The van der Waals surface area contributed by atoms with Gasteiger partial charge in [0.1, 0.15) is 0 Å². The van der Waals surface area contributed by atoms with Crippen LogP contribution >= 0.6 is 11.8 Å². The first-order chi connectivity index (χ1) is 8.86. The Kier molecular flexibility index (Phi) is 2.99. The number of nitrogens with zero attached hydrogens (tertiary/aromatic N) is 5. The number of nitriles is 1. The Bertz CT molecular complexity index is 579. The molecule has 1 saturated carbocycles. The number of rotatable bonds is 4. The molecule has 5 nitrogen and oxygen atoms in total. The molecule has 2 aromatic rings. The zero-order valence-electron chi connectivity index (χ0n) is 9.65. The third-order valence-electron chi connectivity index (χ3n) is 2.81. The maximum absolute atomic E-state index is 8.73. The third-order valence-corrected chi connectivity index (χ3v) is 3.81. The van der Waals surface area contributed by atoms with Crippen LogP contribution in [0.4, 0.5) is 0 Å². The van der Waals surface area contributed by atoms with Crippen molar-refractivity contribution in [2.75, 3.05) is 0 Å². The molecule has 0 N–H and O–H groups in total. The van der Waals surface area contributed by atoms with Gasteiger partial charge in [-0.25, -0.2) is 4.68 Å². The minimum Gasteiger partial charge on any atom is -0.217 e.